The third-order valence-electron chi connectivity index (χ3n) is 2.45. The van der Waals surface area contributed by atoms with Crippen molar-refractivity contribution >= 4 is 7.12 Å². The zero-order valence-corrected chi connectivity index (χ0v) is 7.00. The van der Waals surface area contributed by atoms with Gasteiger partial charge in [0.05, 0.1) is 6.67 Å². The van der Waals surface area contributed by atoms with Gasteiger partial charge in [0.2, 0.25) is 0 Å². The number of halogens is 1. The van der Waals surface area contributed by atoms with Crippen molar-refractivity contribution in [1.82, 2.24) is 0 Å². The molecule has 1 fully saturated rings. The van der Waals surface area contributed by atoms with Crippen LogP contribution in [0.15, 0.2) is 0 Å². The van der Waals surface area contributed by atoms with E-state index in [4.69, 9.17) is 14.8 Å². The van der Waals surface area contributed by atoms with Gasteiger partial charge in [-0.2, -0.15) is 0 Å². The molecular weight excluding hydrogens is 162 g/mol. The van der Waals surface area contributed by atoms with Crippen LogP contribution in [0, 0.1) is 5.41 Å². The van der Waals surface area contributed by atoms with Crippen LogP contribution >= 0.6 is 0 Å². The van der Waals surface area contributed by atoms with E-state index in [1.807, 2.05) is 0 Å². The van der Waals surface area contributed by atoms with Crippen molar-refractivity contribution in [2.24, 2.45) is 5.41 Å². The van der Waals surface area contributed by atoms with Gasteiger partial charge >= 0.3 is 7.12 Å². The monoisotopic (exact) mass is 176 g/mol. The lowest BCUT2D eigenvalue weighted by atomic mass is 9.65. The molecule has 0 spiro atoms. The highest BCUT2D eigenvalue weighted by atomic mass is 19.1. The van der Waals surface area contributed by atoms with Gasteiger partial charge < -0.3 is 14.8 Å². The zero-order valence-electron chi connectivity index (χ0n) is 7.00. The summed E-state index contributed by atoms with van der Waals surface area (Å²) in [5.41, 5.74) is -0.549. The van der Waals surface area contributed by atoms with Gasteiger partial charge in [-0.25, -0.2) is 0 Å². The van der Waals surface area contributed by atoms with Crippen LogP contribution in [0.25, 0.3) is 0 Å². The van der Waals surface area contributed by atoms with Gasteiger partial charge in [0.1, 0.15) is 0 Å². The molecule has 2 N–H and O–H groups in total. The maximum atomic E-state index is 12.6. The SMILES string of the molecule is OB(O)CC1(CF)CCOCC1. The molecule has 0 atom stereocenters. The van der Waals surface area contributed by atoms with E-state index in [0.29, 0.717) is 26.1 Å². The summed E-state index contributed by atoms with van der Waals surface area (Å²) in [5, 5.41) is 17.5. The summed E-state index contributed by atoms with van der Waals surface area (Å²) in [4.78, 5) is 0. The molecule has 5 heteroatoms. The fourth-order valence-corrected chi connectivity index (χ4v) is 1.58. The van der Waals surface area contributed by atoms with E-state index in [0.717, 1.165) is 0 Å². The maximum absolute atomic E-state index is 12.6. The van der Waals surface area contributed by atoms with E-state index in [9.17, 15) is 4.39 Å². The molecule has 0 unspecified atom stereocenters. The molecule has 0 bridgehead atoms. The molecule has 1 aliphatic rings. The first-order valence-electron chi connectivity index (χ1n) is 4.18. The fourth-order valence-electron chi connectivity index (χ4n) is 1.58. The molecule has 0 amide bonds. The average Bonchev–Trinajstić information content (AvgIpc) is 2.05. The minimum Gasteiger partial charge on any atom is -0.427 e. The number of hydrogen-bond acceptors (Lipinski definition) is 3. The lowest BCUT2D eigenvalue weighted by molar-refractivity contribution is 0.00904. The van der Waals surface area contributed by atoms with Crippen LogP contribution < -0.4 is 0 Å². The molecule has 0 saturated carbocycles. The molecule has 1 rings (SSSR count). The lowest BCUT2D eigenvalue weighted by Gasteiger charge is -2.34. The molecule has 0 radical (unpaired) electrons. The number of alkyl halides is 1. The van der Waals surface area contributed by atoms with Gasteiger partial charge in [-0.15, -0.1) is 0 Å². The van der Waals surface area contributed by atoms with Gasteiger partial charge in [0.25, 0.3) is 0 Å². The predicted molar refractivity (Wildman–Crippen MR) is 43.5 cm³/mol. The fraction of sp³-hybridized carbons (Fsp3) is 1.00. The largest absolute Gasteiger partial charge is 0.452 e. The van der Waals surface area contributed by atoms with Crippen molar-refractivity contribution in [3.05, 3.63) is 0 Å². The Morgan fingerprint density at radius 2 is 1.92 bits per heavy atom. The summed E-state index contributed by atoms with van der Waals surface area (Å²) in [5.74, 6) is 0. The number of rotatable bonds is 3. The van der Waals surface area contributed by atoms with Gasteiger partial charge in [-0.3, -0.25) is 4.39 Å². The van der Waals surface area contributed by atoms with E-state index in [1.54, 1.807) is 0 Å². The van der Waals surface area contributed by atoms with Gasteiger partial charge in [-0.1, -0.05) is 0 Å². The van der Waals surface area contributed by atoms with Crippen molar-refractivity contribution in [3.8, 4) is 0 Å². The van der Waals surface area contributed by atoms with Crippen molar-refractivity contribution in [1.29, 1.82) is 0 Å². The smallest absolute Gasteiger partial charge is 0.427 e. The second-order valence-corrected chi connectivity index (χ2v) is 3.43. The molecule has 0 aromatic carbocycles. The number of ether oxygens (including phenoxy) is 1. The zero-order chi connectivity index (χ0) is 9.03. The molecular formula is C7H14BFO3. The minimum atomic E-state index is -1.40. The first-order valence-corrected chi connectivity index (χ1v) is 4.18. The molecule has 70 valence electrons. The molecule has 1 heterocycles. The summed E-state index contributed by atoms with van der Waals surface area (Å²) < 4.78 is 17.7. The molecule has 0 aromatic rings. The molecule has 0 aromatic heterocycles. The van der Waals surface area contributed by atoms with E-state index in [1.165, 1.54) is 0 Å². The van der Waals surface area contributed by atoms with Crippen LogP contribution in [0.2, 0.25) is 6.32 Å². The first-order chi connectivity index (χ1) is 5.68. The Hall–Kier alpha value is -0.125. The summed E-state index contributed by atoms with van der Waals surface area (Å²) in [6.07, 6.45) is 1.29. The van der Waals surface area contributed by atoms with E-state index in [2.05, 4.69) is 0 Å². The number of hydrogen-bond donors (Lipinski definition) is 2. The molecule has 3 nitrogen and oxygen atoms in total. The molecule has 0 aliphatic carbocycles. The standard InChI is InChI=1S/C7H14BFO3/c9-6-7(5-8(10)11)1-3-12-4-2-7/h10-11H,1-6H2. The Morgan fingerprint density at radius 1 is 1.33 bits per heavy atom. The van der Waals surface area contributed by atoms with Crippen LogP contribution in [0.1, 0.15) is 12.8 Å². The normalized spacial score (nSPS) is 22.2. The van der Waals surface area contributed by atoms with Crippen molar-refractivity contribution < 1.29 is 19.2 Å². The predicted octanol–water partition coefficient (Wildman–Crippen LogP) is 0.225. The quantitative estimate of drug-likeness (QED) is 0.605. The van der Waals surface area contributed by atoms with E-state index >= 15 is 0 Å². The lowest BCUT2D eigenvalue weighted by Crippen LogP contribution is -2.35. The summed E-state index contributed by atoms with van der Waals surface area (Å²) >= 11 is 0. The van der Waals surface area contributed by atoms with Crippen LogP contribution in [-0.4, -0.2) is 37.1 Å². The molecule has 1 saturated heterocycles. The second-order valence-electron chi connectivity index (χ2n) is 3.43. The maximum Gasteiger partial charge on any atom is 0.452 e. The van der Waals surface area contributed by atoms with Crippen LogP contribution in [0.4, 0.5) is 4.39 Å². The second kappa shape index (κ2) is 4.21. The van der Waals surface area contributed by atoms with Crippen molar-refractivity contribution in [3.63, 3.8) is 0 Å². The van der Waals surface area contributed by atoms with Gasteiger partial charge in [0, 0.05) is 18.6 Å². The third kappa shape index (κ3) is 2.43. The highest BCUT2D eigenvalue weighted by Gasteiger charge is 2.36. The summed E-state index contributed by atoms with van der Waals surface area (Å²) in [6, 6.07) is 0. The Morgan fingerprint density at radius 3 is 2.33 bits per heavy atom. The topological polar surface area (TPSA) is 49.7 Å². The minimum absolute atomic E-state index is 0.118. The van der Waals surface area contributed by atoms with Gasteiger partial charge in [0.15, 0.2) is 0 Å². The van der Waals surface area contributed by atoms with Crippen molar-refractivity contribution in [2.75, 3.05) is 19.9 Å². The molecule has 12 heavy (non-hydrogen) atoms. The Bertz CT molecular complexity index is 137. The molecule has 1 aliphatic heterocycles. The van der Waals surface area contributed by atoms with Crippen LogP contribution in [0.3, 0.4) is 0 Å². The first kappa shape index (κ1) is 9.96. The summed E-state index contributed by atoms with van der Waals surface area (Å²) in [7, 11) is -1.40. The van der Waals surface area contributed by atoms with Crippen LogP contribution in [-0.2, 0) is 4.74 Å². The van der Waals surface area contributed by atoms with Gasteiger partial charge in [-0.05, 0) is 19.2 Å². The average molecular weight is 176 g/mol. The highest BCUT2D eigenvalue weighted by Crippen LogP contribution is 2.35. The Balaban J connectivity index is 2.48. The van der Waals surface area contributed by atoms with E-state index < -0.39 is 19.2 Å². The Labute approximate surface area is 71.7 Å². The third-order valence-corrected chi connectivity index (χ3v) is 2.45. The highest BCUT2D eigenvalue weighted by molar-refractivity contribution is 6.41. The van der Waals surface area contributed by atoms with Crippen molar-refractivity contribution in [2.45, 2.75) is 19.2 Å². The van der Waals surface area contributed by atoms with E-state index in [-0.39, 0.29) is 6.32 Å². The summed E-state index contributed by atoms with van der Waals surface area (Å²) in [6.45, 7) is 0.557. The Kier molecular flexibility index (Phi) is 3.49. The van der Waals surface area contributed by atoms with Crippen LogP contribution in [0.5, 0.6) is 0 Å².